The van der Waals surface area contributed by atoms with E-state index in [0.717, 1.165) is 4.88 Å². The second-order valence-electron chi connectivity index (χ2n) is 3.83. The van der Waals surface area contributed by atoms with E-state index in [0.29, 0.717) is 37.7 Å². The van der Waals surface area contributed by atoms with Gasteiger partial charge < -0.3 is 14.6 Å². The molecule has 2 aromatic heterocycles. The van der Waals surface area contributed by atoms with Gasteiger partial charge >= 0.3 is 0 Å². The van der Waals surface area contributed by atoms with E-state index in [9.17, 15) is 4.79 Å². The molecule has 0 unspecified atom stereocenters. The third kappa shape index (κ3) is 4.15. The molecule has 0 aromatic carbocycles. The zero-order valence-corrected chi connectivity index (χ0v) is 11.4. The van der Waals surface area contributed by atoms with Gasteiger partial charge in [-0.1, -0.05) is 11.2 Å². The molecule has 1 N–H and O–H groups in total. The summed E-state index contributed by atoms with van der Waals surface area (Å²) in [4.78, 5) is 16.7. The minimum absolute atomic E-state index is 0.0482. The van der Waals surface area contributed by atoms with Crippen molar-refractivity contribution in [1.82, 2.24) is 15.5 Å². The summed E-state index contributed by atoms with van der Waals surface area (Å²) in [5.74, 6) is 1.00. The first-order valence-electron chi connectivity index (χ1n) is 5.91. The van der Waals surface area contributed by atoms with E-state index >= 15 is 0 Å². The summed E-state index contributed by atoms with van der Waals surface area (Å²) in [7, 11) is 1.59. The highest BCUT2D eigenvalue weighted by Crippen LogP contribution is 2.21. The summed E-state index contributed by atoms with van der Waals surface area (Å²) >= 11 is 1.55. The van der Waals surface area contributed by atoms with Crippen molar-refractivity contribution in [1.29, 1.82) is 0 Å². The largest absolute Gasteiger partial charge is 0.383 e. The Bertz CT molecular complexity index is 510. The summed E-state index contributed by atoms with van der Waals surface area (Å²) < 4.78 is 9.95. The van der Waals surface area contributed by atoms with Gasteiger partial charge in [-0.15, -0.1) is 11.3 Å². The Morgan fingerprint density at radius 1 is 1.58 bits per heavy atom. The SMILES string of the molecule is COCCNC(=O)CCc1nc(-c2cccs2)no1. The molecule has 1 amide bonds. The van der Waals surface area contributed by atoms with Gasteiger partial charge in [0.25, 0.3) is 0 Å². The minimum atomic E-state index is -0.0482. The second-order valence-corrected chi connectivity index (χ2v) is 4.78. The zero-order valence-electron chi connectivity index (χ0n) is 10.6. The molecule has 0 saturated carbocycles. The van der Waals surface area contributed by atoms with Crippen LogP contribution in [0.3, 0.4) is 0 Å². The number of aromatic nitrogens is 2. The number of hydrogen-bond acceptors (Lipinski definition) is 6. The lowest BCUT2D eigenvalue weighted by Gasteiger charge is -2.02. The van der Waals surface area contributed by atoms with Gasteiger partial charge in [0, 0.05) is 26.5 Å². The topological polar surface area (TPSA) is 77.2 Å². The van der Waals surface area contributed by atoms with Crippen LogP contribution >= 0.6 is 11.3 Å². The first-order chi connectivity index (χ1) is 9.29. The molecule has 0 radical (unpaired) electrons. The van der Waals surface area contributed by atoms with E-state index in [1.54, 1.807) is 18.4 Å². The molecular weight excluding hydrogens is 266 g/mol. The number of ether oxygens (including phenoxy) is 1. The van der Waals surface area contributed by atoms with E-state index < -0.39 is 0 Å². The maximum Gasteiger partial charge on any atom is 0.227 e. The maximum atomic E-state index is 11.5. The van der Waals surface area contributed by atoms with Gasteiger partial charge in [0.05, 0.1) is 11.5 Å². The van der Waals surface area contributed by atoms with Crippen molar-refractivity contribution in [3.05, 3.63) is 23.4 Å². The molecule has 0 bridgehead atoms. The van der Waals surface area contributed by atoms with Crippen LogP contribution in [0.15, 0.2) is 22.0 Å². The predicted octanol–water partition coefficient (Wildman–Crippen LogP) is 1.49. The van der Waals surface area contributed by atoms with Crippen molar-refractivity contribution >= 4 is 17.2 Å². The van der Waals surface area contributed by atoms with Gasteiger partial charge in [0.15, 0.2) is 0 Å². The lowest BCUT2D eigenvalue weighted by Crippen LogP contribution is -2.27. The van der Waals surface area contributed by atoms with Crippen LogP contribution in [0, 0.1) is 0 Å². The van der Waals surface area contributed by atoms with E-state index in [1.807, 2.05) is 17.5 Å². The molecule has 0 spiro atoms. The number of nitrogens with zero attached hydrogens (tertiary/aromatic N) is 2. The Balaban J connectivity index is 1.79. The molecule has 2 heterocycles. The van der Waals surface area contributed by atoms with E-state index in [-0.39, 0.29) is 5.91 Å². The fourth-order valence-corrected chi connectivity index (χ4v) is 2.11. The van der Waals surface area contributed by atoms with Crippen LogP contribution in [-0.4, -0.2) is 36.3 Å². The van der Waals surface area contributed by atoms with Crippen molar-refractivity contribution < 1.29 is 14.1 Å². The standard InChI is InChI=1S/C12H15N3O3S/c1-17-7-6-13-10(16)4-5-11-14-12(15-18-11)9-3-2-8-19-9/h2-3,8H,4-7H2,1H3,(H,13,16). The fourth-order valence-electron chi connectivity index (χ4n) is 1.46. The average Bonchev–Trinajstić information content (AvgIpc) is 3.07. The maximum absolute atomic E-state index is 11.5. The van der Waals surface area contributed by atoms with Crippen LogP contribution in [0.1, 0.15) is 12.3 Å². The second kappa shape index (κ2) is 7.01. The number of aryl methyl sites for hydroxylation is 1. The molecule has 6 nitrogen and oxygen atoms in total. The number of nitrogens with one attached hydrogen (secondary N) is 1. The van der Waals surface area contributed by atoms with Gasteiger partial charge in [-0.25, -0.2) is 0 Å². The lowest BCUT2D eigenvalue weighted by molar-refractivity contribution is -0.121. The van der Waals surface area contributed by atoms with Crippen molar-refractivity contribution in [3.63, 3.8) is 0 Å². The van der Waals surface area contributed by atoms with Crippen molar-refractivity contribution in [2.45, 2.75) is 12.8 Å². The highest BCUT2D eigenvalue weighted by molar-refractivity contribution is 7.13. The van der Waals surface area contributed by atoms with Gasteiger partial charge in [-0.2, -0.15) is 4.98 Å². The van der Waals surface area contributed by atoms with Crippen LogP contribution in [0.5, 0.6) is 0 Å². The first kappa shape index (κ1) is 13.7. The normalized spacial score (nSPS) is 10.6. The fraction of sp³-hybridized carbons (Fsp3) is 0.417. The smallest absolute Gasteiger partial charge is 0.227 e. The number of hydrogen-bond donors (Lipinski definition) is 1. The number of rotatable bonds is 7. The van der Waals surface area contributed by atoms with Crippen molar-refractivity contribution in [3.8, 4) is 10.7 Å². The Morgan fingerprint density at radius 2 is 2.47 bits per heavy atom. The van der Waals surface area contributed by atoms with E-state index in [2.05, 4.69) is 15.5 Å². The molecular formula is C12H15N3O3S. The van der Waals surface area contributed by atoms with Gasteiger partial charge in [0.1, 0.15) is 0 Å². The molecule has 0 aliphatic carbocycles. The van der Waals surface area contributed by atoms with Crippen LogP contribution < -0.4 is 5.32 Å². The Morgan fingerprint density at radius 3 is 3.21 bits per heavy atom. The summed E-state index contributed by atoms with van der Waals surface area (Å²) in [6.07, 6.45) is 0.771. The summed E-state index contributed by atoms with van der Waals surface area (Å²) in [6.45, 7) is 1.02. The van der Waals surface area contributed by atoms with Crippen LogP contribution in [-0.2, 0) is 16.0 Å². The van der Waals surface area contributed by atoms with Gasteiger partial charge in [-0.05, 0) is 11.4 Å². The van der Waals surface area contributed by atoms with Crippen LogP contribution in [0.2, 0.25) is 0 Å². The highest BCUT2D eigenvalue weighted by atomic mass is 32.1. The number of methoxy groups -OCH3 is 1. The molecule has 7 heteroatoms. The third-order valence-corrected chi connectivity index (χ3v) is 3.27. The number of thiophene rings is 1. The molecule has 0 aliphatic rings. The number of carbonyl (C=O) groups excluding carboxylic acids is 1. The van der Waals surface area contributed by atoms with E-state index in [4.69, 9.17) is 9.26 Å². The Hall–Kier alpha value is -1.73. The Kier molecular flexibility index (Phi) is 5.05. The molecule has 102 valence electrons. The summed E-state index contributed by atoms with van der Waals surface area (Å²) in [6, 6.07) is 3.86. The minimum Gasteiger partial charge on any atom is -0.383 e. The van der Waals surface area contributed by atoms with Crippen molar-refractivity contribution in [2.75, 3.05) is 20.3 Å². The predicted molar refractivity (Wildman–Crippen MR) is 70.8 cm³/mol. The molecule has 2 aromatic rings. The summed E-state index contributed by atoms with van der Waals surface area (Å²) in [5, 5.41) is 8.57. The van der Waals surface area contributed by atoms with Gasteiger partial charge in [0.2, 0.25) is 17.6 Å². The number of carbonyl (C=O) groups is 1. The third-order valence-electron chi connectivity index (χ3n) is 2.40. The number of amides is 1. The van der Waals surface area contributed by atoms with Gasteiger partial charge in [-0.3, -0.25) is 4.79 Å². The molecule has 2 rings (SSSR count). The average molecular weight is 281 g/mol. The van der Waals surface area contributed by atoms with Crippen molar-refractivity contribution in [2.24, 2.45) is 0 Å². The highest BCUT2D eigenvalue weighted by Gasteiger charge is 2.10. The Labute approximate surface area is 114 Å². The molecule has 0 atom stereocenters. The summed E-state index contributed by atoms with van der Waals surface area (Å²) in [5.41, 5.74) is 0. The zero-order chi connectivity index (χ0) is 13.5. The molecule has 0 saturated heterocycles. The van der Waals surface area contributed by atoms with Crippen LogP contribution in [0.25, 0.3) is 10.7 Å². The lowest BCUT2D eigenvalue weighted by atomic mass is 10.3. The molecule has 0 aliphatic heterocycles. The quantitative estimate of drug-likeness (QED) is 0.778. The molecule has 19 heavy (non-hydrogen) atoms. The van der Waals surface area contributed by atoms with E-state index in [1.165, 1.54) is 0 Å². The monoisotopic (exact) mass is 281 g/mol. The first-order valence-corrected chi connectivity index (χ1v) is 6.79. The van der Waals surface area contributed by atoms with Crippen LogP contribution in [0.4, 0.5) is 0 Å². The molecule has 0 fully saturated rings.